The van der Waals surface area contributed by atoms with E-state index in [9.17, 15) is 14.4 Å². The Kier molecular flexibility index (Phi) is 12.5. The minimum atomic E-state index is -0.583. The third-order valence-electron chi connectivity index (χ3n) is 6.98. The molecular weight excluding hydrogens is 621 g/mol. The SMILES string of the molecule is CC(C)(C)OC(=O)N1CCC(N(C(N)=O)c2cccnc2Cl)CC1.CC(C)(C)OC(=O)N1CCC(Nc2cccnc2Cl)CC1. The molecule has 0 bridgehead atoms. The van der Waals surface area contributed by atoms with Crippen molar-refractivity contribution in [2.24, 2.45) is 5.73 Å². The average Bonchev–Trinajstić information content (AvgIpc) is 2.94. The van der Waals surface area contributed by atoms with Crippen molar-refractivity contribution in [2.45, 2.75) is 90.5 Å². The number of halogens is 2. The van der Waals surface area contributed by atoms with Crippen molar-refractivity contribution < 1.29 is 23.9 Å². The van der Waals surface area contributed by atoms with E-state index in [2.05, 4.69) is 15.3 Å². The Bertz CT molecular complexity index is 1300. The van der Waals surface area contributed by atoms with Gasteiger partial charge in [-0.05, 0) is 91.5 Å². The van der Waals surface area contributed by atoms with Gasteiger partial charge in [0.1, 0.15) is 11.2 Å². The number of carbonyl (C=O) groups is 3. The molecule has 2 fully saturated rings. The summed E-state index contributed by atoms with van der Waals surface area (Å²) in [7, 11) is 0. The van der Waals surface area contributed by atoms with E-state index < -0.39 is 17.2 Å². The number of nitrogens with zero attached hydrogens (tertiary/aromatic N) is 5. The van der Waals surface area contributed by atoms with Crippen molar-refractivity contribution in [2.75, 3.05) is 36.4 Å². The summed E-state index contributed by atoms with van der Waals surface area (Å²) < 4.78 is 10.8. The number of amides is 4. The lowest BCUT2D eigenvalue weighted by molar-refractivity contribution is 0.0197. The van der Waals surface area contributed by atoms with Crippen molar-refractivity contribution in [3.63, 3.8) is 0 Å². The lowest BCUT2D eigenvalue weighted by Crippen LogP contribution is -2.51. The van der Waals surface area contributed by atoms with Crippen LogP contribution < -0.4 is 16.0 Å². The van der Waals surface area contributed by atoms with Gasteiger partial charge in [-0.25, -0.2) is 24.4 Å². The summed E-state index contributed by atoms with van der Waals surface area (Å²) in [6.45, 7) is 13.5. The van der Waals surface area contributed by atoms with Gasteiger partial charge in [0.2, 0.25) is 0 Å². The second-order valence-electron chi connectivity index (χ2n) is 12.9. The van der Waals surface area contributed by atoms with Crippen LogP contribution in [0.15, 0.2) is 36.7 Å². The maximum absolute atomic E-state index is 12.1. The maximum atomic E-state index is 12.1. The number of piperidine rings is 2. The summed E-state index contributed by atoms with van der Waals surface area (Å²) in [5, 5.41) is 4.09. The van der Waals surface area contributed by atoms with Gasteiger partial charge in [0.25, 0.3) is 0 Å². The number of urea groups is 1. The molecule has 2 aliphatic rings. The van der Waals surface area contributed by atoms with Gasteiger partial charge >= 0.3 is 18.2 Å². The molecule has 4 amide bonds. The fraction of sp³-hybridized carbons (Fsp3) is 0.581. The Morgan fingerprint density at radius 2 is 1.29 bits per heavy atom. The van der Waals surface area contributed by atoms with E-state index in [0.29, 0.717) is 55.9 Å². The monoisotopic (exact) mass is 665 g/mol. The summed E-state index contributed by atoms with van der Waals surface area (Å²) in [4.78, 5) is 48.9. The van der Waals surface area contributed by atoms with Crippen molar-refractivity contribution in [3.8, 4) is 0 Å². The van der Waals surface area contributed by atoms with Crippen molar-refractivity contribution in [3.05, 3.63) is 47.0 Å². The molecule has 12 nitrogen and oxygen atoms in total. The number of anilines is 2. The minimum Gasteiger partial charge on any atom is -0.444 e. The first kappa shape index (κ1) is 36.0. The van der Waals surface area contributed by atoms with E-state index in [-0.39, 0.29) is 23.4 Å². The van der Waals surface area contributed by atoms with E-state index >= 15 is 0 Å². The maximum Gasteiger partial charge on any atom is 0.410 e. The Hall–Kier alpha value is -3.51. The molecule has 45 heavy (non-hydrogen) atoms. The Morgan fingerprint density at radius 1 is 0.822 bits per heavy atom. The van der Waals surface area contributed by atoms with Crippen LogP contribution >= 0.6 is 23.2 Å². The molecule has 14 heteroatoms. The molecule has 0 spiro atoms. The number of nitrogens with two attached hydrogens (primary N) is 1. The van der Waals surface area contributed by atoms with Gasteiger partial charge in [-0.3, -0.25) is 4.90 Å². The van der Waals surface area contributed by atoms with Gasteiger partial charge < -0.3 is 30.3 Å². The number of nitrogens with one attached hydrogen (secondary N) is 1. The van der Waals surface area contributed by atoms with Crippen molar-refractivity contribution in [1.82, 2.24) is 19.8 Å². The fourth-order valence-corrected chi connectivity index (χ4v) is 5.32. The van der Waals surface area contributed by atoms with Crippen LogP contribution in [0.3, 0.4) is 0 Å². The standard InChI is InChI=1S/C16H23ClN4O3.C15H22ClN3O2/c1-16(2,3)24-15(23)20-9-6-11(7-10-20)21(14(18)22)12-5-4-8-19-13(12)17;1-15(2,3)21-14(20)19-9-6-11(7-10-19)18-12-5-4-8-17-13(12)16/h4-5,8,11H,6-7,9-10H2,1-3H3,(H2,18,22);4-5,8,11,18H,6-7,9-10H2,1-3H3. The summed E-state index contributed by atoms with van der Waals surface area (Å²) in [6, 6.07) is 6.75. The smallest absolute Gasteiger partial charge is 0.410 e. The molecule has 248 valence electrons. The summed E-state index contributed by atoms with van der Waals surface area (Å²) in [5.41, 5.74) is 5.89. The lowest BCUT2D eigenvalue weighted by Gasteiger charge is -2.38. The molecule has 2 aromatic rings. The van der Waals surface area contributed by atoms with Crippen molar-refractivity contribution >= 4 is 52.8 Å². The second-order valence-corrected chi connectivity index (χ2v) is 13.7. The number of primary amides is 1. The lowest BCUT2D eigenvalue weighted by atomic mass is 10.0. The number of hydrogen-bond acceptors (Lipinski definition) is 8. The zero-order chi connectivity index (χ0) is 33.4. The molecule has 0 saturated carbocycles. The summed E-state index contributed by atoms with van der Waals surface area (Å²) in [5.74, 6) is 0. The molecular formula is C31H45Cl2N7O5. The van der Waals surface area contributed by atoms with E-state index in [1.54, 1.807) is 34.3 Å². The van der Waals surface area contributed by atoms with E-state index in [0.717, 1.165) is 18.5 Å². The van der Waals surface area contributed by atoms with Gasteiger partial charge in [-0.2, -0.15) is 0 Å². The number of likely N-dealkylation sites (tertiary alicyclic amines) is 2. The topological polar surface area (TPSA) is 143 Å². The van der Waals surface area contributed by atoms with Crippen LogP contribution in [-0.2, 0) is 9.47 Å². The van der Waals surface area contributed by atoms with Crippen LogP contribution in [0.2, 0.25) is 10.3 Å². The predicted molar refractivity (Wildman–Crippen MR) is 176 cm³/mol. The van der Waals surface area contributed by atoms with Crippen LogP contribution in [0.4, 0.5) is 25.8 Å². The molecule has 0 radical (unpaired) electrons. The molecule has 0 aromatic carbocycles. The van der Waals surface area contributed by atoms with Crippen LogP contribution in [0.5, 0.6) is 0 Å². The average molecular weight is 667 g/mol. The number of aromatic nitrogens is 2. The largest absolute Gasteiger partial charge is 0.444 e. The molecule has 2 aromatic heterocycles. The first-order valence-electron chi connectivity index (χ1n) is 15.1. The highest BCUT2D eigenvalue weighted by molar-refractivity contribution is 6.32. The van der Waals surface area contributed by atoms with Gasteiger partial charge in [0.15, 0.2) is 10.3 Å². The fourth-order valence-electron chi connectivity index (χ4n) is 4.93. The molecule has 2 saturated heterocycles. The quantitative estimate of drug-likeness (QED) is 0.349. The molecule has 0 atom stereocenters. The number of rotatable bonds is 4. The number of pyridine rings is 2. The number of carbonyl (C=O) groups excluding carboxylic acids is 3. The third kappa shape index (κ3) is 11.4. The van der Waals surface area contributed by atoms with Gasteiger partial charge in [-0.15, -0.1) is 0 Å². The minimum absolute atomic E-state index is 0.136. The summed E-state index contributed by atoms with van der Waals surface area (Å²) >= 11 is 12.1. The van der Waals surface area contributed by atoms with Crippen LogP contribution in [0, 0.1) is 0 Å². The van der Waals surface area contributed by atoms with Crippen LogP contribution in [0.1, 0.15) is 67.2 Å². The first-order chi connectivity index (χ1) is 21.0. The zero-order valence-electron chi connectivity index (χ0n) is 26.9. The molecule has 0 unspecified atom stereocenters. The van der Waals surface area contributed by atoms with Gasteiger partial charge in [-0.1, -0.05) is 23.2 Å². The normalized spacial score (nSPS) is 16.3. The highest BCUT2D eigenvalue weighted by Gasteiger charge is 2.32. The number of ether oxygens (including phenoxy) is 2. The predicted octanol–water partition coefficient (Wildman–Crippen LogP) is 6.57. The van der Waals surface area contributed by atoms with Crippen molar-refractivity contribution in [1.29, 1.82) is 0 Å². The number of hydrogen-bond donors (Lipinski definition) is 2. The van der Waals surface area contributed by atoms with E-state index in [1.807, 2.05) is 53.7 Å². The third-order valence-corrected chi connectivity index (χ3v) is 7.58. The van der Waals surface area contributed by atoms with Gasteiger partial charge in [0.05, 0.1) is 11.4 Å². The first-order valence-corrected chi connectivity index (χ1v) is 15.8. The Balaban J connectivity index is 0.000000248. The summed E-state index contributed by atoms with van der Waals surface area (Å²) in [6.07, 6.45) is 5.55. The Morgan fingerprint density at radius 3 is 1.73 bits per heavy atom. The van der Waals surface area contributed by atoms with Crippen LogP contribution in [-0.4, -0.2) is 87.5 Å². The molecule has 3 N–H and O–H groups in total. The van der Waals surface area contributed by atoms with Crippen LogP contribution in [0.25, 0.3) is 0 Å². The second kappa shape index (κ2) is 15.7. The highest BCUT2D eigenvalue weighted by Crippen LogP contribution is 2.29. The molecule has 2 aliphatic heterocycles. The zero-order valence-corrected chi connectivity index (χ0v) is 28.4. The Labute approximate surface area is 275 Å². The molecule has 4 rings (SSSR count). The molecule has 0 aliphatic carbocycles. The van der Waals surface area contributed by atoms with Gasteiger partial charge in [0, 0.05) is 50.7 Å². The van der Waals surface area contributed by atoms with E-state index in [4.69, 9.17) is 38.4 Å². The molecule has 4 heterocycles. The van der Waals surface area contributed by atoms with E-state index in [1.165, 1.54) is 4.90 Å². The highest BCUT2D eigenvalue weighted by atomic mass is 35.5.